The molecular formula is C29H49N3O7. The summed E-state index contributed by atoms with van der Waals surface area (Å²) in [7, 11) is 3.29. The van der Waals surface area contributed by atoms with Crippen LogP contribution in [-0.2, 0) is 20.7 Å². The summed E-state index contributed by atoms with van der Waals surface area (Å²) in [5, 5.41) is 16.6. The molecule has 0 bridgehead atoms. The first-order valence-electron chi connectivity index (χ1n) is 14.0. The lowest BCUT2D eigenvalue weighted by Gasteiger charge is -2.30. The minimum atomic E-state index is -0.825. The van der Waals surface area contributed by atoms with E-state index in [0.29, 0.717) is 37.1 Å². The number of aliphatic hydroxyl groups excluding tert-OH is 1. The van der Waals surface area contributed by atoms with Crippen molar-refractivity contribution in [1.82, 2.24) is 10.6 Å². The van der Waals surface area contributed by atoms with Crippen LogP contribution in [0.25, 0.3) is 0 Å². The van der Waals surface area contributed by atoms with Gasteiger partial charge in [0.15, 0.2) is 11.5 Å². The summed E-state index contributed by atoms with van der Waals surface area (Å²) in [5.41, 5.74) is 7.63. The summed E-state index contributed by atoms with van der Waals surface area (Å²) in [4.78, 5) is 24.1. The Hall–Kier alpha value is -2.56. The fourth-order valence-electron chi connectivity index (χ4n) is 4.75. The van der Waals surface area contributed by atoms with Crippen molar-refractivity contribution in [3.8, 4) is 11.5 Å². The van der Waals surface area contributed by atoms with Crippen molar-refractivity contribution in [1.29, 1.82) is 0 Å². The number of carbonyl (C=O) groups is 2. The van der Waals surface area contributed by atoms with Gasteiger partial charge in [-0.05, 0) is 54.7 Å². The number of nitrogens with one attached hydrogen (secondary N) is 2. The zero-order chi connectivity index (χ0) is 28.9. The molecule has 10 nitrogen and oxygen atoms in total. The number of nitrogens with two attached hydrogens (primary N) is 1. The molecule has 1 aliphatic rings. The van der Waals surface area contributed by atoms with E-state index in [0.717, 1.165) is 18.4 Å². The lowest BCUT2D eigenvalue weighted by molar-refractivity contribution is -0.127. The summed E-state index contributed by atoms with van der Waals surface area (Å²) < 4.78 is 21.4. The fourth-order valence-corrected chi connectivity index (χ4v) is 4.75. The third-order valence-electron chi connectivity index (χ3n) is 7.39. The molecule has 1 heterocycles. The third-order valence-corrected chi connectivity index (χ3v) is 7.39. The second-order valence-electron chi connectivity index (χ2n) is 11.1. The standard InChI is InChI=1S/C29H49N3O7/c1-18(2)21(12-20-8-9-26(37-6)27(13-20)38-11-7-10-36-5)14-24(30)25(33)15-23(19(3)4)28(34)31-16-22-17-39-29(35)32-22/h8-9,13,18-19,21-25,33H,7,10-12,14-17,30H2,1-6H3,(H,31,34)(H,32,35)/t21-,22?,23+,24-,25-/m0/s1. The first kappa shape index (κ1) is 32.7. The Bertz CT molecular complexity index is 896. The highest BCUT2D eigenvalue weighted by Gasteiger charge is 2.31. The molecule has 1 saturated heterocycles. The number of hydrogen-bond donors (Lipinski definition) is 4. The second-order valence-corrected chi connectivity index (χ2v) is 11.1. The number of alkyl carbamates (subject to hydrolysis) is 1. The Morgan fingerprint density at radius 1 is 1.15 bits per heavy atom. The van der Waals surface area contributed by atoms with Gasteiger partial charge in [0.25, 0.3) is 0 Å². The zero-order valence-electron chi connectivity index (χ0n) is 24.4. The van der Waals surface area contributed by atoms with Gasteiger partial charge >= 0.3 is 6.09 Å². The monoisotopic (exact) mass is 551 g/mol. The Morgan fingerprint density at radius 3 is 2.49 bits per heavy atom. The Labute approximate surface area is 233 Å². The minimum absolute atomic E-state index is 0.0174. The summed E-state index contributed by atoms with van der Waals surface area (Å²) >= 11 is 0. The molecule has 0 radical (unpaired) electrons. The van der Waals surface area contributed by atoms with E-state index in [9.17, 15) is 14.7 Å². The average molecular weight is 552 g/mol. The van der Waals surface area contributed by atoms with Gasteiger partial charge in [-0.2, -0.15) is 0 Å². The van der Waals surface area contributed by atoms with Crippen LogP contribution < -0.4 is 25.8 Å². The molecule has 5 N–H and O–H groups in total. The molecule has 2 rings (SSSR count). The van der Waals surface area contributed by atoms with Gasteiger partial charge in [-0.25, -0.2) is 4.79 Å². The van der Waals surface area contributed by atoms with E-state index in [-0.39, 0.29) is 43.4 Å². The van der Waals surface area contributed by atoms with Crippen LogP contribution in [0, 0.1) is 23.7 Å². The maximum Gasteiger partial charge on any atom is 0.407 e. The van der Waals surface area contributed by atoms with Crippen LogP contribution in [0.1, 0.15) is 52.5 Å². The quantitative estimate of drug-likeness (QED) is 0.204. The van der Waals surface area contributed by atoms with Gasteiger partial charge in [-0.1, -0.05) is 33.8 Å². The highest BCUT2D eigenvalue weighted by Crippen LogP contribution is 2.31. The van der Waals surface area contributed by atoms with Crippen LogP contribution in [0.2, 0.25) is 0 Å². The Kier molecular flexibility index (Phi) is 13.8. The second kappa shape index (κ2) is 16.5. The van der Waals surface area contributed by atoms with E-state index >= 15 is 0 Å². The van der Waals surface area contributed by atoms with Crippen LogP contribution in [-0.4, -0.2) is 75.9 Å². The van der Waals surface area contributed by atoms with Gasteiger partial charge in [0, 0.05) is 38.6 Å². The van der Waals surface area contributed by atoms with Gasteiger partial charge in [0.1, 0.15) is 6.61 Å². The van der Waals surface area contributed by atoms with E-state index in [2.05, 4.69) is 24.5 Å². The molecule has 0 spiro atoms. The number of aliphatic hydroxyl groups is 1. The number of cyclic esters (lactones) is 1. The van der Waals surface area contributed by atoms with Crippen molar-refractivity contribution in [3.05, 3.63) is 23.8 Å². The molecule has 5 atom stereocenters. The van der Waals surface area contributed by atoms with Crippen molar-refractivity contribution in [2.24, 2.45) is 29.4 Å². The SMILES string of the molecule is COCCCOc1cc(C[C@@H](C[C@H](N)[C@@H](O)C[C@@H](C(=O)NCC2COC(=O)N2)C(C)C)C(C)C)ccc1OC. The van der Waals surface area contributed by atoms with Crippen LogP contribution in [0.3, 0.4) is 0 Å². The van der Waals surface area contributed by atoms with Gasteiger partial charge in [0.2, 0.25) is 5.91 Å². The van der Waals surface area contributed by atoms with Crippen LogP contribution >= 0.6 is 0 Å². The molecule has 1 unspecified atom stereocenters. The largest absolute Gasteiger partial charge is 0.493 e. The van der Waals surface area contributed by atoms with E-state index in [4.69, 9.17) is 24.7 Å². The Morgan fingerprint density at radius 2 is 1.90 bits per heavy atom. The maximum absolute atomic E-state index is 12.9. The molecule has 1 aliphatic heterocycles. The van der Waals surface area contributed by atoms with Crippen LogP contribution in [0.4, 0.5) is 4.79 Å². The topological polar surface area (TPSA) is 141 Å². The molecule has 0 aliphatic carbocycles. The highest BCUT2D eigenvalue weighted by molar-refractivity contribution is 5.79. The molecule has 1 aromatic rings. The summed E-state index contributed by atoms with van der Waals surface area (Å²) in [5.74, 6) is 1.41. The molecule has 222 valence electrons. The predicted molar refractivity (Wildman–Crippen MR) is 150 cm³/mol. The lowest BCUT2D eigenvalue weighted by atomic mass is 9.81. The molecular weight excluding hydrogens is 502 g/mol. The van der Waals surface area contributed by atoms with Crippen molar-refractivity contribution in [2.45, 2.75) is 71.6 Å². The Balaban J connectivity index is 1.97. The van der Waals surface area contributed by atoms with E-state index in [1.165, 1.54) is 0 Å². The number of rotatable bonds is 18. The first-order chi connectivity index (χ1) is 18.5. The molecule has 0 aromatic heterocycles. The van der Waals surface area contributed by atoms with Crippen molar-refractivity contribution < 1.29 is 33.6 Å². The molecule has 1 aromatic carbocycles. The normalized spacial score (nSPS) is 18.3. The molecule has 1 fully saturated rings. The van der Waals surface area contributed by atoms with Crippen molar-refractivity contribution in [3.63, 3.8) is 0 Å². The zero-order valence-corrected chi connectivity index (χ0v) is 24.4. The predicted octanol–water partition coefficient (Wildman–Crippen LogP) is 2.89. The average Bonchev–Trinajstić information content (AvgIpc) is 3.32. The number of carbonyl (C=O) groups excluding carboxylic acids is 2. The lowest BCUT2D eigenvalue weighted by Crippen LogP contribution is -2.45. The molecule has 39 heavy (non-hydrogen) atoms. The number of ether oxygens (including phenoxy) is 4. The first-order valence-corrected chi connectivity index (χ1v) is 14.0. The maximum atomic E-state index is 12.9. The van der Waals surface area contributed by atoms with Gasteiger partial charge in [-0.15, -0.1) is 0 Å². The number of methoxy groups -OCH3 is 2. The van der Waals surface area contributed by atoms with Crippen molar-refractivity contribution in [2.75, 3.05) is 40.6 Å². The fraction of sp³-hybridized carbons (Fsp3) is 0.724. The number of amides is 2. The third kappa shape index (κ3) is 10.8. The van der Waals surface area contributed by atoms with Crippen LogP contribution in [0.5, 0.6) is 11.5 Å². The summed E-state index contributed by atoms with van der Waals surface area (Å²) in [6.45, 7) is 9.90. The van der Waals surface area contributed by atoms with Gasteiger partial charge in [0.05, 0.1) is 25.9 Å². The van der Waals surface area contributed by atoms with E-state index in [1.807, 2.05) is 32.0 Å². The van der Waals surface area contributed by atoms with Gasteiger partial charge in [-0.3, -0.25) is 4.79 Å². The van der Waals surface area contributed by atoms with Gasteiger partial charge < -0.3 is 40.4 Å². The summed E-state index contributed by atoms with van der Waals surface area (Å²) in [6, 6.07) is 5.25. The highest BCUT2D eigenvalue weighted by atomic mass is 16.6. The van der Waals surface area contributed by atoms with E-state index < -0.39 is 24.2 Å². The minimum Gasteiger partial charge on any atom is -0.493 e. The molecule has 10 heteroatoms. The number of benzene rings is 1. The smallest absolute Gasteiger partial charge is 0.407 e. The van der Waals surface area contributed by atoms with E-state index in [1.54, 1.807) is 14.2 Å². The summed E-state index contributed by atoms with van der Waals surface area (Å²) in [6.07, 6.45) is 1.15. The molecule has 2 amide bonds. The molecule has 0 saturated carbocycles. The van der Waals surface area contributed by atoms with Crippen molar-refractivity contribution >= 4 is 12.0 Å². The van der Waals surface area contributed by atoms with Crippen LogP contribution in [0.15, 0.2) is 18.2 Å². The number of hydrogen-bond acceptors (Lipinski definition) is 8.